The number of ether oxygens (including phenoxy) is 1. The zero-order chi connectivity index (χ0) is 15.1. The number of carbonyl (C=O) groups excluding carboxylic acids is 1. The SMILES string of the molecule is C=CC[C@@H](C#C[Si](C)(C)C)N[C@H](C(=O)OC)C(C)C. The lowest BCUT2D eigenvalue weighted by Crippen LogP contribution is -2.46. The Morgan fingerprint density at radius 3 is 2.37 bits per heavy atom. The van der Waals surface area contributed by atoms with Crippen molar-refractivity contribution >= 4 is 14.0 Å². The van der Waals surface area contributed by atoms with E-state index in [0.29, 0.717) is 0 Å². The third-order valence-corrected chi connectivity index (χ3v) is 3.42. The van der Waals surface area contributed by atoms with Gasteiger partial charge in [0.25, 0.3) is 0 Å². The van der Waals surface area contributed by atoms with Gasteiger partial charge in [-0.3, -0.25) is 10.1 Å². The summed E-state index contributed by atoms with van der Waals surface area (Å²) in [5.41, 5.74) is 3.33. The number of methoxy groups -OCH3 is 1. The highest BCUT2D eigenvalue weighted by Gasteiger charge is 2.24. The molecule has 0 amide bonds. The van der Waals surface area contributed by atoms with Crippen molar-refractivity contribution in [3.8, 4) is 11.5 Å². The number of rotatable bonds is 6. The molecule has 0 aliphatic carbocycles. The molecule has 19 heavy (non-hydrogen) atoms. The van der Waals surface area contributed by atoms with E-state index in [-0.39, 0.29) is 24.0 Å². The molecule has 0 aliphatic rings. The topological polar surface area (TPSA) is 38.3 Å². The Kier molecular flexibility index (Phi) is 7.73. The molecule has 3 nitrogen and oxygen atoms in total. The molecule has 0 rings (SSSR count). The first kappa shape index (κ1) is 17.9. The first-order valence-corrected chi connectivity index (χ1v) is 10.2. The van der Waals surface area contributed by atoms with Gasteiger partial charge >= 0.3 is 5.97 Å². The maximum absolute atomic E-state index is 11.7. The Morgan fingerprint density at radius 1 is 1.42 bits per heavy atom. The lowest BCUT2D eigenvalue weighted by Gasteiger charge is -2.23. The average molecular weight is 281 g/mol. The van der Waals surface area contributed by atoms with Crippen LogP contribution in [-0.2, 0) is 9.53 Å². The van der Waals surface area contributed by atoms with E-state index >= 15 is 0 Å². The number of nitrogens with one attached hydrogen (secondary N) is 1. The third-order valence-electron chi connectivity index (χ3n) is 2.53. The number of esters is 1. The van der Waals surface area contributed by atoms with Gasteiger partial charge in [0.15, 0.2) is 0 Å². The van der Waals surface area contributed by atoms with Crippen molar-refractivity contribution in [2.45, 2.75) is 52.0 Å². The molecule has 0 heterocycles. The van der Waals surface area contributed by atoms with Crippen molar-refractivity contribution in [2.75, 3.05) is 7.11 Å². The Labute approximate surface area is 118 Å². The van der Waals surface area contributed by atoms with Gasteiger partial charge in [-0.1, -0.05) is 45.5 Å². The molecule has 0 saturated heterocycles. The van der Waals surface area contributed by atoms with Crippen LogP contribution < -0.4 is 5.32 Å². The van der Waals surface area contributed by atoms with Gasteiger partial charge in [-0.25, -0.2) is 0 Å². The van der Waals surface area contributed by atoms with Gasteiger partial charge in [-0.15, -0.1) is 12.1 Å². The van der Waals surface area contributed by atoms with E-state index in [1.54, 1.807) is 0 Å². The van der Waals surface area contributed by atoms with E-state index in [4.69, 9.17) is 4.74 Å². The van der Waals surface area contributed by atoms with Crippen molar-refractivity contribution in [3.63, 3.8) is 0 Å². The highest BCUT2D eigenvalue weighted by molar-refractivity contribution is 6.83. The van der Waals surface area contributed by atoms with Crippen LogP contribution in [0, 0.1) is 17.4 Å². The van der Waals surface area contributed by atoms with Gasteiger partial charge in [0.2, 0.25) is 0 Å². The molecule has 0 aromatic rings. The van der Waals surface area contributed by atoms with Crippen LogP contribution in [0.1, 0.15) is 20.3 Å². The molecule has 2 atom stereocenters. The standard InChI is InChI=1S/C15H27NO2Si/c1-8-9-13(10-11-19(5,6)7)16-14(12(2)3)15(17)18-4/h8,12-14,16H,1,9H2,2-7H3/t13-,14-/m0/s1. The molecule has 0 fully saturated rings. The second kappa shape index (κ2) is 8.18. The molecular formula is C15H27NO2Si. The fourth-order valence-electron chi connectivity index (χ4n) is 1.52. The van der Waals surface area contributed by atoms with Crippen LogP contribution in [0.15, 0.2) is 12.7 Å². The molecule has 0 unspecified atom stereocenters. The molecule has 108 valence electrons. The van der Waals surface area contributed by atoms with Crippen molar-refractivity contribution in [3.05, 3.63) is 12.7 Å². The van der Waals surface area contributed by atoms with Gasteiger partial charge in [0.05, 0.1) is 13.2 Å². The fraction of sp³-hybridized carbons (Fsp3) is 0.667. The van der Waals surface area contributed by atoms with E-state index in [1.165, 1.54) is 7.11 Å². The molecule has 0 aromatic carbocycles. The van der Waals surface area contributed by atoms with Gasteiger partial charge in [0.1, 0.15) is 14.1 Å². The fourth-order valence-corrected chi connectivity index (χ4v) is 2.12. The van der Waals surface area contributed by atoms with Crippen molar-refractivity contribution in [1.82, 2.24) is 5.32 Å². The third kappa shape index (κ3) is 7.86. The average Bonchev–Trinajstić information content (AvgIpc) is 2.30. The quantitative estimate of drug-likeness (QED) is 0.352. The van der Waals surface area contributed by atoms with Crippen molar-refractivity contribution in [1.29, 1.82) is 0 Å². The minimum Gasteiger partial charge on any atom is -0.468 e. The van der Waals surface area contributed by atoms with Crippen LogP contribution in [0.5, 0.6) is 0 Å². The first-order chi connectivity index (χ1) is 8.71. The number of carbonyl (C=O) groups is 1. The van der Waals surface area contributed by atoms with Crippen LogP contribution in [0.3, 0.4) is 0 Å². The normalized spacial score (nSPS) is 14.3. The molecular weight excluding hydrogens is 254 g/mol. The number of hydrogen-bond acceptors (Lipinski definition) is 3. The summed E-state index contributed by atoms with van der Waals surface area (Å²) in [5, 5.41) is 3.28. The van der Waals surface area contributed by atoms with E-state index in [0.717, 1.165) is 6.42 Å². The van der Waals surface area contributed by atoms with Gasteiger partial charge in [-0.2, -0.15) is 0 Å². The lowest BCUT2D eigenvalue weighted by atomic mass is 10.0. The highest BCUT2D eigenvalue weighted by Crippen LogP contribution is 2.07. The summed E-state index contributed by atoms with van der Waals surface area (Å²) < 4.78 is 4.83. The monoisotopic (exact) mass is 281 g/mol. The smallest absolute Gasteiger partial charge is 0.323 e. The first-order valence-electron chi connectivity index (χ1n) is 6.68. The van der Waals surface area contributed by atoms with Gasteiger partial charge in [-0.05, 0) is 12.3 Å². The van der Waals surface area contributed by atoms with Crippen molar-refractivity contribution < 1.29 is 9.53 Å². The second-order valence-corrected chi connectivity index (χ2v) is 10.8. The predicted octanol–water partition coefficient (Wildman–Crippen LogP) is 2.60. The molecule has 0 aliphatic heterocycles. The summed E-state index contributed by atoms with van der Waals surface area (Å²) in [6.07, 6.45) is 2.54. The summed E-state index contributed by atoms with van der Waals surface area (Å²) >= 11 is 0. The van der Waals surface area contributed by atoms with Crippen LogP contribution in [0.2, 0.25) is 19.6 Å². The second-order valence-electron chi connectivity index (χ2n) is 6.01. The molecule has 0 aromatic heterocycles. The lowest BCUT2D eigenvalue weighted by molar-refractivity contribution is -0.144. The Hall–Kier alpha value is -1.05. The summed E-state index contributed by atoms with van der Waals surface area (Å²) in [6, 6.07) is -0.374. The Morgan fingerprint density at radius 2 is 2.00 bits per heavy atom. The molecule has 1 N–H and O–H groups in total. The molecule has 4 heteroatoms. The van der Waals surface area contributed by atoms with E-state index < -0.39 is 8.07 Å². The zero-order valence-corrected chi connectivity index (χ0v) is 14.0. The molecule has 0 spiro atoms. The van der Waals surface area contributed by atoms with E-state index in [9.17, 15) is 4.79 Å². The summed E-state index contributed by atoms with van der Waals surface area (Å²) in [5.74, 6) is 3.17. The van der Waals surface area contributed by atoms with Crippen LogP contribution in [0.4, 0.5) is 0 Å². The van der Waals surface area contributed by atoms with E-state index in [1.807, 2.05) is 19.9 Å². The predicted molar refractivity (Wildman–Crippen MR) is 83.5 cm³/mol. The minimum atomic E-state index is -1.41. The summed E-state index contributed by atoms with van der Waals surface area (Å²) in [7, 11) is -0.00198. The molecule has 0 radical (unpaired) electrons. The zero-order valence-electron chi connectivity index (χ0n) is 13.0. The van der Waals surface area contributed by atoms with Crippen LogP contribution >= 0.6 is 0 Å². The Balaban J connectivity index is 4.92. The van der Waals surface area contributed by atoms with Crippen LogP contribution in [-0.4, -0.2) is 33.2 Å². The van der Waals surface area contributed by atoms with Gasteiger partial charge < -0.3 is 4.74 Å². The maximum Gasteiger partial charge on any atom is 0.323 e. The van der Waals surface area contributed by atoms with Crippen molar-refractivity contribution in [2.24, 2.45) is 5.92 Å². The number of hydrogen-bond donors (Lipinski definition) is 1. The molecule has 0 bridgehead atoms. The van der Waals surface area contributed by atoms with E-state index in [2.05, 4.69) is 43.0 Å². The summed E-state index contributed by atoms with van der Waals surface area (Å²) in [6.45, 7) is 14.3. The highest BCUT2D eigenvalue weighted by atomic mass is 28.3. The summed E-state index contributed by atoms with van der Waals surface area (Å²) in [4.78, 5) is 11.7. The Bertz CT molecular complexity index is 361. The van der Waals surface area contributed by atoms with Crippen LogP contribution in [0.25, 0.3) is 0 Å². The van der Waals surface area contributed by atoms with Gasteiger partial charge in [0, 0.05) is 0 Å². The largest absolute Gasteiger partial charge is 0.468 e. The minimum absolute atomic E-state index is 0.0456. The molecule has 0 saturated carbocycles. The maximum atomic E-state index is 11.7.